The molecule has 0 fully saturated rings. The van der Waals surface area contributed by atoms with Gasteiger partial charge in [-0.25, -0.2) is 4.39 Å². The van der Waals surface area contributed by atoms with Gasteiger partial charge >= 0.3 is 0 Å². The lowest BCUT2D eigenvalue weighted by Gasteiger charge is -2.08. The van der Waals surface area contributed by atoms with Gasteiger partial charge in [-0.3, -0.25) is 4.98 Å². The normalized spacial score (nSPS) is 10.3. The number of rotatable bonds is 3. The van der Waals surface area contributed by atoms with E-state index < -0.39 is 0 Å². The van der Waals surface area contributed by atoms with Crippen LogP contribution in [-0.4, -0.2) is 4.98 Å². The number of nitrogens with zero attached hydrogens (tertiary/aromatic N) is 2. The molecular weight excluding hydrogens is 267 g/mol. The Kier molecular flexibility index (Phi) is 3.48. The summed E-state index contributed by atoms with van der Waals surface area (Å²) in [6, 6.07) is 15.5. The Morgan fingerprint density at radius 2 is 2.05 bits per heavy atom. The topological polar surface area (TPSA) is 45.9 Å². The molecule has 0 saturated heterocycles. The quantitative estimate of drug-likeness (QED) is 0.731. The van der Waals surface area contributed by atoms with E-state index in [9.17, 15) is 4.39 Å². The smallest absolute Gasteiger partial charge is 0.123 e. The standard InChI is InChI=1S/C17H11FN2O/c18-15-5-3-13(10-19)14(8-15)11-21-16-6-4-12-2-1-7-20-17(12)9-16/h1-9H,11H2. The zero-order valence-corrected chi connectivity index (χ0v) is 11.1. The molecule has 102 valence electrons. The van der Waals surface area contributed by atoms with Gasteiger partial charge in [0.15, 0.2) is 0 Å². The minimum absolute atomic E-state index is 0.138. The van der Waals surface area contributed by atoms with Gasteiger partial charge in [0.05, 0.1) is 17.1 Å². The molecule has 0 spiro atoms. The van der Waals surface area contributed by atoms with Crippen LogP contribution in [0, 0.1) is 17.1 Å². The van der Waals surface area contributed by atoms with Crippen molar-refractivity contribution in [1.29, 1.82) is 5.26 Å². The van der Waals surface area contributed by atoms with Crippen LogP contribution in [0.1, 0.15) is 11.1 Å². The summed E-state index contributed by atoms with van der Waals surface area (Å²) in [6.45, 7) is 0.138. The van der Waals surface area contributed by atoms with Crippen molar-refractivity contribution in [3.63, 3.8) is 0 Å². The van der Waals surface area contributed by atoms with Gasteiger partial charge in [0.2, 0.25) is 0 Å². The van der Waals surface area contributed by atoms with Gasteiger partial charge in [-0.1, -0.05) is 6.07 Å². The zero-order valence-electron chi connectivity index (χ0n) is 11.1. The van der Waals surface area contributed by atoms with Crippen LogP contribution in [0.15, 0.2) is 54.7 Å². The van der Waals surface area contributed by atoms with Gasteiger partial charge in [0, 0.05) is 23.2 Å². The molecule has 0 amide bonds. The van der Waals surface area contributed by atoms with Crippen LogP contribution < -0.4 is 4.74 Å². The molecule has 2 aromatic carbocycles. The van der Waals surface area contributed by atoms with Crippen LogP contribution in [0.4, 0.5) is 4.39 Å². The fourth-order valence-corrected chi connectivity index (χ4v) is 2.09. The van der Waals surface area contributed by atoms with Gasteiger partial charge in [0.25, 0.3) is 0 Å². The summed E-state index contributed by atoms with van der Waals surface area (Å²) in [5.74, 6) is 0.252. The first-order valence-corrected chi connectivity index (χ1v) is 6.42. The molecule has 0 aliphatic carbocycles. The van der Waals surface area contributed by atoms with Gasteiger partial charge < -0.3 is 4.74 Å². The maximum Gasteiger partial charge on any atom is 0.123 e. The molecule has 0 unspecified atom stereocenters. The highest BCUT2D eigenvalue weighted by Gasteiger charge is 2.05. The van der Waals surface area contributed by atoms with Crippen LogP contribution in [-0.2, 0) is 6.61 Å². The van der Waals surface area contributed by atoms with Crippen molar-refractivity contribution in [2.45, 2.75) is 6.61 Å². The van der Waals surface area contributed by atoms with Crippen molar-refractivity contribution in [3.05, 3.63) is 71.7 Å². The van der Waals surface area contributed by atoms with Crippen LogP contribution in [0.5, 0.6) is 5.75 Å². The molecule has 0 aliphatic heterocycles. The minimum atomic E-state index is -0.382. The van der Waals surface area contributed by atoms with Crippen LogP contribution in [0.3, 0.4) is 0 Å². The Balaban J connectivity index is 1.83. The van der Waals surface area contributed by atoms with E-state index in [1.54, 1.807) is 6.20 Å². The monoisotopic (exact) mass is 278 g/mol. The molecule has 0 bridgehead atoms. The van der Waals surface area contributed by atoms with E-state index >= 15 is 0 Å². The molecule has 1 heterocycles. The molecule has 3 rings (SSSR count). The second-order valence-corrected chi connectivity index (χ2v) is 4.56. The van der Waals surface area contributed by atoms with Crippen molar-refractivity contribution in [1.82, 2.24) is 4.98 Å². The number of nitriles is 1. The number of fused-ring (bicyclic) bond motifs is 1. The number of ether oxygens (including phenoxy) is 1. The number of hydrogen-bond acceptors (Lipinski definition) is 3. The predicted octanol–water partition coefficient (Wildman–Crippen LogP) is 3.82. The van der Waals surface area contributed by atoms with Gasteiger partial charge in [-0.05, 0) is 36.4 Å². The number of halogens is 1. The summed E-state index contributed by atoms with van der Waals surface area (Å²) in [6.07, 6.45) is 1.71. The lowest BCUT2D eigenvalue weighted by Crippen LogP contribution is -1.99. The molecule has 0 aliphatic rings. The molecule has 21 heavy (non-hydrogen) atoms. The van der Waals surface area contributed by atoms with E-state index in [4.69, 9.17) is 10.00 Å². The molecule has 0 atom stereocenters. The third kappa shape index (κ3) is 2.82. The Hall–Kier alpha value is -2.93. The van der Waals surface area contributed by atoms with Crippen molar-refractivity contribution < 1.29 is 9.13 Å². The van der Waals surface area contributed by atoms with E-state index in [0.717, 1.165) is 10.9 Å². The van der Waals surface area contributed by atoms with Crippen molar-refractivity contribution in [2.75, 3.05) is 0 Å². The van der Waals surface area contributed by atoms with Crippen molar-refractivity contribution in [3.8, 4) is 11.8 Å². The predicted molar refractivity (Wildman–Crippen MR) is 77.2 cm³/mol. The number of benzene rings is 2. The van der Waals surface area contributed by atoms with E-state index in [-0.39, 0.29) is 12.4 Å². The summed E-state index contributed by atoms with van der Waals surface area (Å²) in [7, 11) is 0. The van der Waals surface area contributed by atoms with Crippen molar-refractivity contribution >= 4 is 10.9 Å². The number of pyridine rings is 1. The fourth-order valence-electron chi connectivity index (χ4n) is 2.09. The van der Waals surface area contributed by atoms with Crippen LogP contribution in [0.25, 0.3) is 10.9 Å². The summed E-state index contributed by atoms with van der Waals surface area (Å²) < 4.78 is 18.9. The van der Waals surface area contributed by atoms with E-state index in [0.29, 0.717) is 16.9 Å². The molecule has 3 aromatic rings. The van der Waals surface area contributed by atoms with Gasteiger partial charge in [-0.15, -0.1) is 0 Å². The van der Waals surface area contributed by atoms with Crippen molar-refractivity contribution in [2.24, 2.45) is 0 Å². The third-order valence-electron chi connectivity index (χ3n) is 3.16. The molecule has 0 saturated carbocycles. The molecular formula is C17H11FN2O. The van der Waals surface area contributed by atoms with E-state index in [1.807, 2.05) is 36.4 Å². The zero-order chi connectivity index (χ0) is 14.7. The number of hydrogen-bond donors (Lipinski definition) is 0. The van der Waals surface area contributed by atoms with Gasteiger partial charge in [0.1, 0.15) is 18.2 Å². The first-order chi connectivity index (χ1) is 10.3. The maximum absolute atomic E-state index is 13.2. The molecule has 4 heteroatoms. The highest BCUT2D eigenvalue weighted by atomic mass is 19.1. The lowest BCUT2D eigenvalue weighted by atomic mass is 10.1. The lowest BCUT2D eigenvalue weighted by molar-refractivity contribution is 0.305. The summed E-state index contributed by atoms with van der Waals surface area (Å²) in [5.41, 5.74) is 1.77. The number of aromatic nitrogens is 1. The fraction of sp³-hybridized carbons (Fsp3) is 0.0588. The maximum atomic E-state index is 13.2. The second-order valence-electron chi connectivity index (χ2n) is 4.56. The third-order valence-corrected chi connectivity index (χ3v) is 3.16. The average molecular weight is 278 g/mol. The summed E-state index contributed by atoms with van der Waals surface area (Å²) in [4.78, 5) is 4.25. The molecule has 0 radical (unpaired) electrons. The minimum Gasteiger partial charge on any atom is -0.489 e. The van der Waals surface area contributed by atoms with Crippen LogP contribution >= 0.6 is 0 Å². The first kappa shape index (κ1) is 13.1. The molecule has 0 N–H and O–H groups in total. The largest absolute Gasteiger partial charge is 0.489 e. The Morgan fingerprint density at radius 3 is 2.90 bits per heavy atom. The summed E-state index contributed by atoms with van der Waals surface area (Å²) >= 11 is 0. The highest BCUT2D eigenvalue weighted by molar-refractivity contribution is 5.79. The Bertz CT molecular complexity index is 840. The van der Waals surface area contributed by atoms with Crippen LogP contribution in [0.2, 0.25) is 0 Å². The SMILES string of the molecule is N#Cc1ccc(F)cc1COc1ccc2cccnc2c1. The van der Waals surface area contributed by atoms with Gasteiger partial charge in [-0.2, -0.15) is 5.26 Å². The Labute approximate surface area is 121 Å². The Morgan fingerprint density at radius 1 is 1.14 bits per heavy atom. The van der Waals surface area contributed by atoms with E-state index in [2.05, 4.69) is 4.98 Å². The second kappa shape index (κ2) is 5.59. The highest BCUT2D eigenvalue weighted by Crippen LogP contribution is 2.20. The molecule has 3 nitrogen and oxygen atoms in total. The average Bonchev–Trinajstić information content (AvgIpc) is 2.53. The molecule has 1 aromatic heterocycles. The summed E-state index contributed by atoms with van der Waals surface area (Å²) in [5, 5.41) is 10.0. The first-order valence-electron chi connectivity index (χ1n) is 6.42. The van der Waals surface area contributed by atoms with E-state index in [1.165, 1.54) is 18.2 Å².